The van der Waals surface area contributed by atoms with Gasteiger partial charge in [0.2, 0.25) is 0 Å². The van der Waals surface area contributed by atoms with E-state index in [4.69, 9.17) is 14.2 Å². The molecule has 0 saturated heterocycles. The monoisotopic (exact) mass is 327 g/mol. The Hall–Kier alpha value is -2.34. The summed E-state index contributed by atoms with van der Waals surface area (Å²) < 4.78 is 10.9. The van der Waals surface area contributed by atoms with E-state index in [1.807, 2.05) is 37.4 Å². The number of fused-ring (bicyclic) bond motifs is 1. The van der Waals surface area contributed by atoms with E-state index in [1.165, 1.54) is 5.56 Å². The van der Waals surface area contributed by atoms with Gasteiger partial charge in [0.15, 0.2) is 5.13 Å². The fourth-order valence-electron chi connectivity index (χ4n) is 2.94. The Balaban J connectivity index is 1.60. The average Bonchev–Trinajstić information content (AvgIpc) is 3.14. The quantitative estimate of drug-likeness (QED) is 0.775. The first-order valence-electron chi connectivity index (χ1n) is 7.59. The summed E-state index contributed by atoms with van der Waals surface area (Å²) in [5.74, 6) is 1.76. The zero-order chi connectivity index (χ0) is 15.8. The highest BCUT2D eigenvalue weighted by molar-refractivity contribution is 7.14. The Kier molecular flexibility index (Phi) is 3.53. The molecule has 0 aliphatic carbocycles. The summed E-state index contributed by atoms with van der Waals surface area (Å²) in [4.78, 5) is 4.71. The summed E-state index contributed by atoms with van der Waals surface area (Å²) in [7, 11) is 0. The number of anilines is 1. The van der Waals surface area contributed by atoms with Crippen molar-refractivity contribution in [1.29, 1.82) is 0 Å². The van der Waals surface area contributed by atoms with Gasteiger partial charge in [-0.3, -0.25) is 0 Å². The molecule has 1 atom stereocenters. The number of aryl methyl sites for hydroxylation is 2. The molecule has 1 N–H and O–H groups in total. The molecule has 0 saturated carbocycles. The fourth-order valence-corrected chi connectivity index (χ4v) is 3.70. The molecule has 118 valence electrons. The van der Waals surface area contributed by atoms with E-state index in [0.29, 0.717) is 0 Å². The number of hydrogen-bond donors (Lipinski definition) is 1. The van der Waals surface area contributed by atoms with E-state index in [9.17, 15) is 0 Å². The number of nitrogens with zero attached hydrogens (tertiary/aromatic N) is 2. The normalized spacial score (nSPS) is 16.7. The van der Waals surface area contributed by atoms with Crippen LogP contribution >= 0.6 is 11.3 Å². The standard InChI is InChI=1S/C17H17N3O2S/c1-10-16(11(2)22-20-10)14-9-23-17(19-14)18-13-7-8-21-15-6-4-3-5-12(13)15/h3-6,9,13H,7-8H2,1-2H3,(H,18,19)/t13-/m0/s1. The van der Waals surface area contributed by atoms with Gasteiger partial charge in [0, 0.05) is 17.4 Å². The van der Waals surface area contributed by atoms with Crippen LogP contribution in [-0.2, 0) is 0 Å². The highest BCUT2D eigenvalue weighted by Gasteiger charge is 2.22. The molecule has 0 bridgehead atoms. The number of thiazole rings is 1. The molecule has 1 aromatic carbocycles. The summed E-state index contributed by atoms with van der Waals surface area (Å²) in [5.41, 5.74) is 3.96. The van der Waals surface area contributed by atoms with Gasteiger partial charge in [-0.2, -0.15) is 0 Å². The first-order valence-corrected chi connectivity index (χ1v) is 8.47. The molecule has 0 radical (unpaired) electrons. The minimum Gasteiger partial charge on any atom is -0.493 e. The lowest BCUT2D eigenvalue weighted by atomic mass is 10.0. The van der Waals surface area contributed by atoms with Crippen LogP contribution in [-0.4, -0.2) is 16.7 Å². The SMILES string of the molecule is Cc1noc(C)c1-c1csc(N[C@H]2CCOc3ccccc32)n1. The number of aromatic nitrogens is 2. The molecule has 0 fully saturated rings. The van der Waals surface area contributed by atoms with E-state index in [-0.39, 0.29) is 6.04 Å². The number of nitrogens with one attached hydrogen (secondary N) is 1. The fraction of sp³-hybridized carbons (Fsp3) is 0.294. The lowest BCUT2D eigenvalue weighted by molar-refractivity contribution is 0.274. The van der Waals surface area contributed by atoms with Crippen LogP contribution in [0.4, 0.5) is 5.13 Å². The van der Waals surface area contributed by atoms with Crippen molar-refractivity contribution in [2.45, 2.75) is 26.3 Å². The van der Waals surface area contributed by atoms with Crippen molar-refractivity contribution >= 4 is 16.5 Å². The van der Waals surface area contributed by atoms with Crippen molar-refractivity contribution in [2.75, 3.05) is 11.9 Å². The number of para-hydroxylation sites is 1. The lowest BCUT2D eigenvalue weighted by Crippen LogP contribution is -2.20. The number of benzene rings is 1. The van der Waals surface area contributed by atoms with Crippen molar-refractivity contribution < 1.29 is 9.26 Å². The molecular formula is C17H17N3O2S. The molecule has 0 spiro atoms. The van der Waals surface area contributed by atoms with Gasteiger partial charge in [-0.1, -0.05) is 23.4 Å². The van der Waals surface area contributed by atoms with Crippen LogP contribution < -0.4 is 10.1 Å². The Bertz CT molecular complexity index is 820. The summed E-state index contributed by atoms with van der Waals surface area (Å²) in [5, 5.41) is 10.5. The van der Waals surface area contributed by atoms with Gasteiger partial charge in [-0.05, 0) is 19.9 Å². The second-order valence-corrected chi connectivity index (χ2v) is 6.47. The summed E-state index contributed by atoms with van der Waals surface area (Å²) in [6.45, 7) is 4.57. The maximum absolute atomic E-state index is 5.71. The van der Waals surface area contributed by atoms with Crippen LogP contribution in [0.15, 0.2) is 34.2 Å². The van der Waals surface area contributed by atoms with Crippen LogP contribution in [0.1, 0.15) is 29.5 Å². The van der Waals surface area contributed by atoms with E-state index in [2.05, 4.69) is 16.5 Å². The molecule has 2 aromatic heterocycles. The van der Waals surface area contributed by atoms with Crippen molar-refractivity contribution in [2.24, 2.45) is 0 Å². The second-order valence-electron chi connectivity index (χ2n) is 5.61. The van der Waals surface area contributed by atoms with E-state index < -0.39 is 0 Å². The second kappa shape index (κ2) is 5.70. The maximum atomic E-state index is 5.71. The Morgan fingerprint density at radius 2 is 2.13 bits per heavy atom. The predicted molar refractivity (Wildman–Crippen MR) is 90.0 cm³/mol. The van der Waals surface area contributed by atoms with Crippen molar-refractivity contribution in [3.8, 4) is 17.0 Å². The first-order chi connectivity index (χ1) is 11.2. The highest BCUT2D eigenvalue weighted by atomic mass is 32.1. The van der Waals surface area contributed by atoms with Gasteiger partial charge in [-0.15, -0.1) is 11.3 Å². The smallest absolute Gasteiger partial charge is 0.183 e. The largest absolute Gasteiger partial charge is 0.493 e. The zero-order valence-corrected chi connectivity index (χ0v) is 13.8. The lowest BCUT2D eigenvalue weighted by Gasteiger charge is -2.26. The Labute approximate surface area is 138 Å². The Morgan fingerprint density at radius 1 is 1.26 bits per heavy atom. The summed E-state index contributed by atoms with van der Waals surface area (Å²) in [6.07, 6.45) is 0.928. The topological polar surface area (TPSA) is 60.2 Å². The average molecular weight is 327 g/mol. The molecule has 23 heavy (non-hydrogen) atoms. The van der Waals surface area contributed by atoms with Crippen LogP contribution in [0, 0.1) is 13.8 Å². The van der Waals surface area contributed by atoms with Crippen LogP contribution in [0.2, 0.25) is 0 Å². The molecule has 0 amide bonds. The number of hydrogen-bond acceptors (Lipinski definition) is 6. The molecule has 1 aliphatic heterocycles. The highest BCUT2D eigenvalue weighted by Crippen LogP contribution is 2.36. The van der Waals surface area contributed by atoms with Gasteiger partial charge in [0.25, 0.3) is 0 Å². The third kappa shape index (κ3) is 2.59. The minimum absolute atomic E-state index is 0.226. The Morgan fingerprint density at radius 3 is 2.96 bits per heavy atom. The molecule has 3 heterocycles. The van der Waals surface area contributed by atoms with Gasteiger partial charge < -0.3 is 14.6 Å². The maximum Gasteiger partial charge on any atom is 0.183 e. The molecule has 1 aliphatic rings. The third-order valence-electron chi connectivity index (χ3n) is 4.05. The first kappa shape index (κ1) is 14.3. The minimum atomic E-state index is 0.226. The van der Waals surface area contributed by atoms with Gasteiger partial charge in [-0.25, -0.2) is 4.98 Å². The number of ether oxygens (including phenoxy) is 1. The molecule has 0 unspecified atom stereocenters. The van der Waals surface area contributed by atoms with Crippen LogP contribution in [0.3, 0.4) is 0 Å². The van der Waals surface area contributed by atoms with E-state index >= 15 is 0 Å². The van der Waals surface area contributed by atoms with Gasteiger partial charge in [0.05, 0.1) is 29.6 Å². The van der Waals surface area contributed by atoms with Crippen molar-refractivity contribution in [1.82, 2.24) is 10.1 Å². The van der Waals surface area contributed by atoms with Crippen molar-refractivity contribution in [3.05, 3.63) is 46.7 Å². The summed E-state index contributed by atoms with van der Waals surface area (Å²) >= 11 is 1.60. The van der Waals surface area contributed by atoms with E-state index in [0.717, 1.165) is 46.6 Å². The molecule has 5 nitrogen and oxygen atoms in total. The van der Waals surface area contributed by atoms with E-state index in [1.54, 1.807) is 11.3 Å². The molecular weight excluding hydrogens is 310 g/mol. The molecule has 3 aromatic rings. The number of rotatable bonds is 3. The zero-order valence-electron chi connectivity index (χ0n) is 13.0. The molecule has 6 heteroatoms. The van der Waals surface area contributed by atoms with Gasteiger partial charge in [0.1, 0.15) is 11.5 Å². The van der Waals surface area contributed by atoms with Crippen LogP contribution in [0.25, 0.3) is 11.3 Å². The van der Waals surface area contributed by atoms with Crippen LogP contribution in [0.5, 0.6) is 5.75 Å². The van der Waals surface area contributed by atoms with Gasteiger partial charge >= 0.3 is 0 Å². The third-order valence-corrected chi connectivity index (χ3v) is 4.82. The predicted octanol–water partition coefficient (Wildman–Crippen LogP) is 4.35. The van der Waals surface area contributed by atoms with Crippen molar-refractivity contribution in [3.63, 3.8) is 0 Å². The molecule has 4 rings (SSSR count). The summed E-state index contributed by atoms with van der Waals surface area (Å²) in [6, 6.07) is 8.39.